The third-order valence-corrected chi connectivity index (χ3v) is 5.67. The van der Waals surface area contributed by atoms with Crippen molar-refractivity contribution in [2.45, 2.75) is 51.9 Å². The van der Waals surface area contributed by atoms with Crippen LogP contribution in [0.15, 0.2) is 48.2 Å². The number of fused-ring (bicyclic) bond motifs is 1. The summed E-state index contributed by atoms with van der Waals surface area (Å²) in [6.07, 6.45) is 3.07. The molecule has 0 saturated carbocycles. The fourth-order valence-electron chi connectivity index (χ4n) is 4.23. The Labute approximate surface area is 187 Å². The number of aromatic nitrogens is 1. The van der Waals surface area contributed by atoms with Crippen LogP contribution < -0.4 is 4.74 Å². The number of benzene rings is 1. The zero-order chi connectivity index (χ0) is 22.8. The van der Waals surface area contributed by atoms with E-state index in [1.54, 1.807) is 36.5 Å². The van der Waals surface area contributed by atoms with E-state index in [0.29, 0.717) is 30.8 Å². The van der Waals surface area contributed by atoms with Gasteiger partial charge in [-0.2, -0.15) is 0 Å². The van der Waals surface area contributed by atoms with Crippen LogP contribution in [0.1, 0.15) is 50.1 Å². The molecule has 2 atom stereocenters. The van der Waals surface area contributed by atoms with Gasteiger partial charge in [-0.3, -0.25) is 14.6 Å². The number of pyridine rings is 1. The van der Waals surface area contributed by atoms with E-state index in [1.807, 2.05) is 26.8 Å². The van der Waals surface area contributed by atoms with Crippen LogP contribution in [0, 0.1) is 0 Å². The van der Waals surface area contributed by atoms with E-state index in [-0.39, 0.29) is 23.5 Å². The molecule has 4 rings (SSSR count). The molecule has 1 aromatic carbocycles. The largest absolute Gasteiger partial charge is 0.507 e. The molecule has 1 aromatic heterocycles. The van der Waals surface area contributed by atoms with E-state index >= 15 is 0 Å². The Morgan fingerprint density at radius 1 is 1.28 bits per heavy atom. The number of ketones is 1. The summed E-state index contributed by atoms with van der Waals surface area (Å²) < 4.78 is 11.3. The Kier molecular flexibility index (Phi) is 6.28. The second kappa shape index (κ2) is 9.12. The summed E-state index contributed by atoms with van der Waals surface area (Å²) in [4.78, 5) is 31.9. The van der Waals surface area contributed by atoms with Gasteiger partial charge in [0.2, 0.25) is 0 Å². The van der Waals surface area contributed by atoms with E-state index in [1.165, 1.54) is 4.90 Å². The number of hydrogen-bond donors (Lipinski definition) is 1. The number of amides is 1. The van der Waals surface area contributed by atoms with Crippen LogP contribution in [0.25, 0.3) is 5.76 Å². The quantitative estimate of drug-likeness (QED) is 0.309. The number of carbonyl (C=O) groups is 2. The minimum absolute atomic E-state index is 0.0605. The van der Waals surface area contributed by atoms with Gasteiger partial charge in [0.1, 0.15) is 23.7 Å². The van der Waals surface area contributed by atoms with Crippen LogP contribution in [-0.4, -0.2) is 52.0 Å². The molecule has 0 aliphatic carbocycles. The zero-order valence-electron chi connectivity index (χ0n) is 18.6. The van der Waals surface area contributed by atoms with Gasteiger partial charge < -0.3 is 19.5 Å². The molecule has 7 heteroatoms. The molecule has 7 nitrogen and oxygen atoms in total. The van der Waals surface area contributed by atoms with Gasteiger partial charge >= 0.3 is 0 Å². The third kappa shape index (κ3) is 4.25. The highest BCUT2D eigenvalue weighted by atomic mass is 16.5. The Balaban J connectivity index is 1.71. The predicted octanol–water partition coefficient (Wildman–Crippen LogP) is 3.64. The number of carbonyl (C=O) groups excluding carboxylic acids is 2. The van der Waals surface area contributed by atoms with Gasteiger partial charge in [-0.05, 0) is 63.1 Å². The predicted molar refractivity (Wildman–Crippen MR) is 119 cm³/mol. The highest BCUT2D eigenvalue weighted by molar-refractivity contribution is 6.46. The van der Waals surface area contributed by atoms with Gasteiger partial charge in [-0.25, -0.2) is 0 Å². The Bertz CT molecular complexity index is 1050. The molecule has 168 valence electrons. The summed E-state index contributed by atoms with van der Waals surface area (Å²) >= 11 is 0. The topological polar surface area (TPSA) is 89.0 Å². The zero-order valence-corrected chi connectivity index (χ0v) is 18.6. The van der Waals surface area contributed by atoms with Crippen LogP contribution in [0.5, 0.6) is 5.75 Å². The number of Topliss-reactive ketones (excluding diaryl/α,β-unsaturated/α-hetero) is 1. The van der Waals surface area contributed by atoms with Crippen molar-refractivity contribution in [2.75, 3.05) is 13.2 Å². The first-order valence-electron chi connectivity index (χ1n) is 11.0. The van der Waals surface area contributed by atoms with Crippen LogP contribution >= 0.6 is 0 Å². The summed E-state index contributed by atoms with van der Waals surface area (Å²) in [5.74, 6) is -0.749. The first-order chi connectivity index (χ1) is 15.4. The Hall–Kier alpha value is -3.19. The van der Waals surface area contributed by atoms with Crippen LogP contribution in [0.3, 0.4) is 0 Å². The Morgan fingerprint density at radius 3 is 2.81 bits per heavy atom. The van der Waals surface area contributed by atoms with E-state index in [0.717, 1.165) is 17.7 Å². The van der Waals surface area contributed by atoms with Crippen molar-refractivity contribution >= 4 is 17.4 Å². The number of rotatable bonds is 7. The average molecular weight is 437 g/mol. The fourth-order valence-corrected chi connectivity index (χ4v) is 4.23. The molecule has 1 fully saturated rings. The SMILES string of the molecule is CC(C)OCCCN1C(=O)C(=O)/C(=C(\O)c2ccc3c(c2)CC(C)O3)C1c1ccccn1. The maximum Gasteiger partial charge on any atom is 0.295 e. The van der Waals surface area contributed by atoms with Gasteiger partial charge in [0.15, 0.2) is 0 Å². The molecular formula is C25H28N2O5. The number of aliphatic hydroxyl groups is 1. The highest BCUT2D eigenvalue weighted by Crippen LogP contribution is 2.40. The molecule has 2 aromatic rings. The lowest BCUT2D eigenvalue weighted by molar-refractivity contribution is -0.140. The number of likely N-dealkylation sites (tertiary alicyclic amines) is 1. The third-order valence-electron chi connectivity index (χ3n) is 5.67. The molecule has 0 spiro atoms. The van der Waals surface area contributed by atoms with Gasteiger partial charge in [-0.1, -0.05) is 6.07 Å². The molecule has 3 heterocycles. The molecule has 1 N–H and O–H groups in total. The normalized spacial score (nSPS) is 21.8. The molecule has 0 radical (unpaired) electrons. The molecule has 2 aliphatic heterocycles. The lowest BCUT2D eigenvalue weighted by Crippen LogP contribution is -2.31. The maximum absolute atomic E-state index is 13.0. The second-order valence-corrected chi connectivity index (χ2v) is 8.48. The summed E-state index contributed by atoms with van der Waals surface area (Å²) in [5, 5.41) is 11.2. The highest BCUT2D eigenvalue weighted by Gasteiger charge is 2.46. The van der Waals surface area contributed by atoms with Gasteiger partial charge in [0, 0.05) is 31.3 Å². The summed E-state index contributed by atoms with van der Waals surface area (Å²) in [7, 11) is 0. The van der Waals surface area contributed by atoms with Crippen molar-refractivity contribution in [3.63, 3.8) is 0 Å². The minimum Gasteiger partial charge on any atom is -0.507 e. The molecule has 32 heavy (non-hydrogen) atoms. The van der Waals surface area contributed by atoms with Crippen LogP contribution in [0.2, 0.25) is 0 Å². The summed E-state index contributed by atoms with van der Waals surface area (Å²) in [6, 6.07) is 9.92. The second-order valence-electron chi connectivity index (χ2n) is 8.48. The van der Waals surface area contributed by atoms with Crippen molar-refractivity contribution in [3.05, 3.63) is 65.0 Å². The van der Waals surface area contributed by atoms with Gasteiger partial charge in [-0.15, -0.1) is 0 Å². The molecule has 1 saturated heterocycles. The van der Waals surface area contributed by atoms with E-state index < -0.39 is 17.7 Å². The molecular weight excluding hydrogens is 408 g/mol. The standard InChI is InChI=1S/C25H28N2O5/c1-15(2)31-12-6-11-27-22(19-7-4-5-10-26-19)21(24(29)25(27)30)23(28)17-8-9-20-18(14-17)13-16(3)32-20/h4-5,7-10,14-16,22,28H,6,11-13H2,1-3H3/b23-21-. The fraction of sp³-hybridized carbons (Fsp3) is 0.400. The van der Waals surface area contributed by atoms with Crippen molar-refractivity contribution in [1.82, 2.24) is 9.88 Å². The first-order valence-corrected chi connectivity index (χ1v) is 11.0. The van der Waals surface area contributed by atoms with Gasteiger partial charge in [0.05, 0.1) is 17.4 Å². The van der Waals surface area contributed by atoms with E-state index in [4.69, 9.17) is 9.47 Å². The molecule has 2 aliphatic rings. The summed E-state index contributed by atoms with van der Waals surface area (Å²) in [5.41, 5.74) is 2.06. The van der Waals surface area contributed by atoms with Crippen molar-refractivity contribution < 1.29 is 24.2 Å². The van der Waals surface area contributed by atoms with Crippen LogP contribution in [-0.2, 0) is 20.7 Å². The summed E-state index contributed by atoms with van der Waals surface area (Å²) in [6.45, 7) is 6.67. The Morgan fingerprint density at radius 2 is 2.09 bits per heavy atom. The smallest absolute Gasteiger partial charge is 0.295 e. The number of ether oxygens (including phenoxy) is 2. The average Bonchev–Trinajstić information content (AvgIpc) is 3.27. The minimum atomic E-state index is -0.751. The van der Waals surface area contributed by atoms with Crippen molar-refractivity contribution in [2.24, 2.45) is 0 Å². The van der Waals surface area contributed by atoms with Crippen LogP contribution in [0.4, 0.5) is 0 Å². The molecule has 2 unspecified atom stereocenters. The molecule has 1 amide bonds. The number of hydrogen-bond acceptors (Lipinski definition) is 6. The van der Waals surface area contributed by atoms with Gasteiger partial charge in [0.25, 0.3) is 11.7 Å². The van der Waals surface area contributed by atoms with E-state index in [9.17, 15) is 14.7 Å². The number of nitrogens with zero attached hydrogens (tertiary/aromatic N) is 2. The molecule has 0 bridgehead atoms. The first kappa shape index (κ1) is 22.0. The van der Waals surface area contributed by atoms with E-state index in [2.05, 4.69) is 4.98 Å². The lowest BCUT2D eigenvalue weighted by Gasteiger charge is -2.24. The monoisotopic (exact) mass is 436 g/mol. The number of aliphatic hydroxyl groups excluding tert-OH is 1. The lowest BCUT2D eigenvalue weighted by atomic mass is 9.97. The van der Waals surface area contributed by atoms with Crippen molar-refractivity contribution in [3.8, 4) is 5.75 Å². The van der Waals surface area contributed by atoms with Crippen molar-refractivity contribution in [1.29, 1.82) is 0 Å². The maximum atomic E-state index is 13.0.